The molecule has 2 saturated heterocycles. The van der Waals surface area contributed by atoms with Gasteiger partial charge in [-0.3, -0.25) is 14.8 Å². The van der Waals surface area contributed by atoms with Crippen LogP contribution in [-0.2, 0) is 4.74 Å². The Morgan fingerprint density at radius 1 is 1.14 bits per heavy atom. The molecule has 29 heavy (non-hydrogen) atoms. The quantitative estimate of drug-likeness (QED) is 0.323. The lowest BCUT2D eigenvalue weighted by Crippen LogP contribution is -2.61. The van der Waals surface area contributed by atoms with Crippen molar-refractivity contribution in [3.05, 3.63) is 0 Å². The van der Waals surface area contributed by atoms with E-state index >= 15 is 0 Å². The zero-order chi connectivity index (χ0) is 20.0. The van der Waals surface area contributed by atoms with Crippen LogP contribution in [0.15, 0.2) is 4.99 Å². The molecule has 6 nitrogen and oxygen atoms in total. The SMILES string of the molecule is CN=C(NCC1(N2CCOCC2)CCCCC1)NC1CCN(CC(F)(F)F)C1.I. The van der Waals surface area contributed by atoms with Crippen LogP contribution >= 0.6 is 24.0 Å². The van der Waals surface area contributed by atoms with E-state index < -0.39 is 12.7 Å². The Labute approximate surface area is 189 Å². The Kier molecular flexibility index (Phi) is 9.75. The van der Waals surface area contributed by atoms with Gasteiger partial charge >= 0.3 is 6.18 Å². The van der Waals surface area contributed by atoms with Gasteiger partial charge in [0.05, 0.1) is 19.8 Å². The molecule has 3 rings (SSSR count). The van der Waals surface area contributed by atoms with Crippen LogP contribution in [0.3, 0.4) is 0 Å². The molecule has 0 aromatic heterocycles. The summed E-state index contributed by atoms with van der Waals surface area (Å²) in [5.41, 5.74) is 0.123. The Bertz CT molecular complexity index is 522. The molecule has 1 atom stereocenters. The van der Waals surface area contributed by atoms with Gasteiger partial charge in [-0.2, -0.15) is 13.2 Å². The van der Waals surface area contributed by atoms with Gasteiger partial charge in [0.1, 0.15) is 0 Å². The monoisotopic (exact) mass is 533 g/mol. The van der Waals surface area contributed by atoms with Gasteiger partial charge in [0.2, 0.25) is 0 Å². The molecular weight excluding hydrogens is 498 g/mol. The largest absolute Gasteiger partial charge is 0.401 e. The summed E-state index contributed by atoms with van der Waals surface area (Å²) < 4.78 is 43.3. The first-order valence-electron chi connectivity index (χ1n) is 10.5. The highest BCUT2D eigenvalue weighted by molar-refractivity contribution is 14.0. The van der Waals surface area contributed by atoms with Crippen molar-refractivity contribution < 1.29 is 17.9 Å². The molecule has 0 bridgehead atoms. The molecule has 1 unspecified atom stereocenters. The van der Waals surface area contributed by atoms with Crippen molar-refractivity contribution in [3.63, 3.8) is 0 Å². The van der Waals surface area contributed by atoms with E-state index in [-0.39, 0.29) is 35.6 Å². The Morgan fingerprint density at radius 2 is 1.83 bits per heavy atom. The number of hydrogen-bond donors (Lipinski definition) is 2. The molecule has 1 saturated carbocycles. The number of aliphatic imine (C=N–C) groups is 1. The summed E-state index contributed by atoms with van der Waals surface area (Å²) in [6.45, 7) is 4.33. The molecule has 3 aliphatic rings. The smallest absolute Gasteiger partial charge is 0.379 e. The third-order valence-corrected chi connectivity index (χ3v) is 6.29. The fourth-order valence-corrected chi connectivity index (χ4v) is 4.84. The average Bonchev–Trinajstić information content (AvgIpc) is 3.11. The van der Waals surface area contributed by atoms with Crippen LogP contribution in [-0.4, -0.2) is 93.0 Å². The highest BCUT2D eigenvalue weighted by Crippen LogP contribution is 2.33. The number of morpholine rings is 1. The number of nitrogens with zero attached hydrogens (tertiary/aromatic N) is 3. The fraction of sp³-hybridized carbons (Fsp3) is 0.947. The summed E-state index contributed by atoms with van der Waals surface area (Å²) >= 11 is 0. The van der Waals surface area contributed by atoms with Gasteiger partial charge in [-0.25, -0.2) is 0 Å². The van der Waals surface area contributed by atoms with E-state index in [0.29, 0.717) is 25.5 Å². The number of guanidine groups is 1. The Hall–Kier alpha value is -0.330. The van der Waals surface area contributed by atoms with Gasteiger partial charge in [0.25, 0.3) is 0 Å². The molecule has 3 fully saturated rings. The highest BCUT2D eigenvalue weighted by Gasteiger charge is 2.39. The second-order valence-corrected chi connectivity index (χ2v) is 8.29. The van der Waals surface area contributed by atoms with Crippen LogP contribution in [0.1, 0.15) is 38.5 Å². The fourth-order valence-electron chi connectivity index (χ4n) is 4.84. The van der Waals surface area contributed by atoms with Crippen LogP contribution in [0.25, 0.3) is 0 Å². The van der Waals surface area contributed by atoms with E-state index in [1.165, 1.54) is 37.0 Å². The third-order valence-electron chi connectivity index (χ3n) is 6.29. The zero-order valence-corrected chi connectivity index (χ0v) is 19.6. The first-order valence-corrected chi connectivity index (χ1v) is 10.5. The summed E-state index contributed by atoms with van der Waals surface area (Å²) in [4.78, 5) is 8.35. The molecule has 170 valence electrons. The van der Waals surface area contributed by atoms with E-state index in [4.69, 9.17) is 4.74 Å². The van der Waals surface area contributed by atoms with Crippen molar-refractivity contribution in [1.29, 1.82) is 0 Å². The maximum Gasteiger partial charge on any atom is 0.401 e. The molecule has 2 aliphatic heterocycles. The van der Waals surface area contributed by atoms with Gasteiger partial charge in [0.15, 0.2) is 5.96 Å². The normalized spacial score (nSPS) is 26.8. The van der Waals surface area contributed by atoms with Gasteiger partial charge in [-0.1, -0.05) is 19.3 Å². The first kappa shape index (κ1) is 24.9. The Balaban J connectivity index is 0.00000300. The third kappa shape index (κ3) is 7.39. The predicted molar refractivity (Wildman–Crippen MR) is 119 cm³/mol. The molecule has 1 aliphatic carbocycles. The number of halogens is 4. The van der Waals surface area contributed by atoms with Crippen molar-refractivity contribution in [2.24, 2.45) is 4.99 Å². The second kappa shape index (κ2) is 11.3. The zero-order valence-electron chi connectivity index (χ0n) is 17.3. The van der Waals surface area contributed by atoms with Crippen LogP contribution in [0, 0.1) is 0 Å². The Morgan fingerprint density at radius 3 is 2.45 bits per heavy atom. The minimum absolute atomic E-state index is 0. The van der Waals surface area contributed by atoms with E-state index in [9.17, 15) is 13.2 Å². The van der Waals surface area contributed by atoms with Crippen molar-refractivity contribution in [2.75, 3.05) is 59.5 Å². The maximum atomic E-state index is 12.6. The van der Waals surface area contributed by atoms with Crippen LogP contribution < -0.4 is 10.6 Å². The van der Waals surface area contributed by atoms with E-state index in [2.05, 4.69) is 20.5 Å². The molecule has 0 aromatic carbocycles. The predicted octanol–water partition coefficient (Wildman–Crippen LogP) is 2.44. The highest BCUT2D eigenvalue weighted by atomic mass is 127. The molecule has 10 heteroatoms. The number of hydrogen-bond acceptors (Lipinski definition) is 4. The van der Waals surface area contributed by atoms with Gasteiger partial charge in [-0.15, -0.1) is 24.0 Å². The van der Waals surface area contributed by atoms with Crippen LogP contribution in [0.4, 0.5) is 13.2 Å². The summed E-state index contributed by atoms with van der Waals surface area (Å²) in [6.07, 6.45) is 2.65. The standard InChI is InChI=1S/C19H34F3N5O.HI/c1-23-17(25-16-5-8-26(13-16)15-19(20,21)22)24-14-18(6-3-2-4-7-18)27-9-11-28-12-10-27;/h16H,2-15H2,1H3,(H2,23,24,25);1H. The van der Waals surface area contributed by atoms with Crippen LogP contribution in [0.5, 0.6) is 0 Å². The van der Waals surface area contributed by atoms with Crippen molar-refractivity contribution >= 4 is 29.9 Å². The van der Waals surface area contributed by atoms with Crippen LogP contribution in [0.2, 0.25) is 0 Å². The maximum absolute atomic E-state index is 12.6. The molecule has 0 aromatic rings. The molecule has 2 heterocycles. The number of rotatable bonds is 5. The lowest BCUT2D eigenvalue weighted by molar-refractivity contribution is -0.143. The number of alkyl halides is 3. The number of nitrogens with one attached hydrogen (secondary N) is 2. The summed E-state index contributed by atoms with van der Waals surface area (Å²) in [6, 6.07) is -0.000701. The number of ether oxygens (including phenoxy) is 1. The number of likely N-dealkylation sites (tertiary alicyclic amines) is 1. The first-order chi connectivity index (χ1) is 13.4. The molecule has 0 spiro atoms. The summed E-state index contributed by atoms with van der Waals surface area (Å²) in [5, 5.41) is 6.81. The molecular formula is C19H35F3IN5O. The summed E-state index contributed by atoms with van der Waals surface area (Å²) in [5.74, 6) is 0.692. The van der Waals surface area contributed by atoms with Gasteiger partial charge < -0.3 is 15.4 Å². The molecule has 0 amide bonds. The van der Waals surface area contributed by atoms with Gasteiger partial charge in [-0.05, 0) is 19.3 Å². The minimum atomic E-state index is -4.14. The van der Waals surface area contributed by atoms with E-state index in [1.807, 2.05) is 0 Å². The summed E-state index contributed by atoms with van der Waals surface area (Å²) in [7, 11) is 1.72. The minimum Gasteiger partial charge on any atom is -0.379 e. The lowest BCUT2D eigenvalue weighted by Gasteiger charge is -2.48. The van der Waals surface area contributed by atoms with E-state index in [0.717, 1.165) is 32.8 Å². The molecule has 0 radical (unpaired) electrons. The molecule has 2 N–H and O–H groups in total. The topological polar surface area (TPSA) is 52.1 Å². The van der Waals surface area contributed by atoms with Crippen molar-refractivity contribution in [1.82, 2.24) is 20.4 Å². The van der Waals surface area contributed by atoms with E-state index in [1.54, 1.807) is 7.05 Å². The van der Waals surface area contributed by atoms with Gasteiger partial charge in [0, 0.05) is 51.4 Å². The van der Waals surface area contributed by atoms with Crippen molar-refractivity contribution in [2.45, 2.75) is 56.3 Å². The average molecular weight is 533 g/mol. The van der Waals surface area contributed by atoms with Crippen molar-refractivity contribution in [3.8, 4) is 0 Å². The second-order valence-electron chi connectivity index (χ2n) is 8.29. The lowest BCUT2D eigenvalue weighted by atomic mass is 9.80.